The van der Waals surface area contributed by atoms with Crippen LogP contribution in [0.1, 0.15) is 0 Å². The van der Waals surface area contributed by atoms with Crippen LogP contribution in [0.15, 0.2) is 50.4 Å². The van der Waals surface area contributed by atoms with Crippen LogP contribution in [-0.2, 0) is 0 Å². The highest BCUT2D eigenvalue weighted by Gasteiger charge is 2.03. The van der Waals surface area contributed by atoms with Crippen LogP contribution >= 0.6 is 15.9 Å². The smallest absolute Gasteiger partial charge is 0.416 e. The van der Waals surface area contributed by atoms with E-state index in [9.17, 15) is 4.79 Å². The van der Waals surface area contributed by atoms with E-state index >= 15 is 0 Å². The maximum atomic E-state index is 11.1. The summed E-state index contributed by atoms with van der Waals surface area (Å²) in [6, 6.07) is 7.45. The molecule has 2 rings (SSSR count). The first-order chi connectivity index (χ1) is 6.29. The van der Waals surface area contributed by atoms with Gasteiger partial charge in [0.2, 0.25) is 0 Å². The van der Waals surface area contributed by atoms with Crippen molar-refractivity contribution in [2.24, 2.45) is 0 Å². The molecule has 0 aliphatic heterocycles. The van der Waals surface area contributed by atoms with Crippen LogP contribution in [0.25, 0.3) is 5.69 Å². The summed E-state index contributed by atoms with van der Waals surface area (Å²) in [5.74, 6) is -0.382. The van der Waals surface area contributed by atoms with E-state index in [0.717, 1.165) is 10.2 Å². The molecular weight excluding hydrogens is 234 g/mol. The summed E-state index contributed by atoms with van der Waals surface area (Å²) in [5.41, 5.74) is 0.779. The second-order valence-electron chi connectivity index (χ2n) is 2.49. The van der Waals surface area contributed by atoms with E-state index in [1.807, 2.05) is 24.3 Å². The van der Waals surface area contributed by atoms with Crippen molar-refractivity contribution in [3.8, 4) is 5.69 Å². The van der Waals surface area contributed by atoms with Crippen molar-refractivity contribution in [1.29, 1.82) is 0 Å². The molecule has 0 atom stereocenters. The third kappa shape index (κ3) is 1.45. The van der Waals surface area contributed by atoms with Gasteiger partial charge in [-0.05, 0) is 28.1 Å². The van der Waals surface area contributed by atoms with Gasteiger partial charge >= 0.3 is 5.76 Å². The van der Waals surface area contributed by atoms with E-state index in [1.165, 1.54) is 10.8 Å². The van der Waals surface area contributed by atoms with Gasteiger partial charge in [0.1, 0.15) is 6.26 Å². The number of halogens is 1. The SMILES string of the molecule is O=c1occn1-c1ccccc1Br. The summed E-state index contributed by atoms with van der Waals surface area (Å²) < 4.78 is 6.95. The Bertz CT molecular complexity index is 472. The van der Waals surface area contributed by atoms with E-state index in [4.69, 9.17) is 0 Å². The van der Waals surface area contributed by atoms with Crippen LogP contribution in [0, 0.1) is 0 Å². The number of para-hydroxylation sites is 1. The lowest BCUT2D eigenvalue weighted by Gasteiger charge is -2.01. The number of nitrogens with zero attached hydrogens (tertiary/aromatic N) is 1. The Morgan fingerprint density at radius 1 is 1.31 bits per heavy atom. The van der Waals surface area contributed by atoms with Gasteiger partial charge in [0.15, 0.2) is 0 Å². The first-order valence-electron chi connectivity index (χ1n) is 3.70. The van der Waals surface area contributed by atoms with Gasteiger partial charge in [-0.3, -0.25) is 0 Å². The largest absolute Gasteiger partial charge is 0.423 e. The highest BCUT2D eigenvalue weighted by Crippen LogP contribution is 2.18. The molecule has 0 radical (unpaired) electrons. The molecule has 0 aliphatic rings. The van der Waals surface area contributed by atoms with Crippen molar-refractivity contribution in [3.63, 3.8) is 0 Å². The third-order valence-electron chi connectivity index (χ3n) is 1.69. The maximum Gasteiger partial charge on any atom is 0.423 e. The maximum absolute atomic E-state index is 11.1. The fourth-order valence-corrected chi connectivity index (χ4v) is 1.57. The number of rotatable bonds is 1. The average Bonchev–Trinajstić information content (AvgIpc) is 2.52. The topological polar surface area (TPSA) is 35.1 Å². The lowest BCUT2D eigenvalue weighted by molar-refractivity contribution is 0.504. The Morgan fingerprint density at radius 3 is 2.69 bits per heavy atom. The van der Waals surface area contributed by atoms with Crippen LogP contribution in [0.4, 0.5) is 0 Å². The Kier molecular flexibility index (Phi) is 2.06. The molecule has 0 fully saturated rings. The fourth-order valence-electron chi connectivity index (χ4n) is 1.09. The molecule has 0 saturated carbocycles. The number of benzene rings is 1. The third-order valence-corrected chi connectivity index (χ3v) is 2.36. The summed E-state index contributed by atoms with van der Waals surface area (Å²) in [5, 5.41) is 0. The first-order valence-corrected chi connectivity index (χ1v) is 4.49. The van der Waals surface area contributed by atoms with Crippen molar-refractivity contribution < 1.29 is 4.42 Å². The normalized spacial score (nSPS) is 10.2. The van der Waals surface area contributed by atoms with Gasteiger partial charge in [-0.15, -0.1) is 0 Å². The number of hydrogen-bond donors (Lipinski definition) is 0. The van der Waals surface area contributed by atoms with Crippen LogP contribution in [-0.4, -0.2) is 4.57 Å². The van der Waals surface area contributed by atoms with E-state index in [0.29, 0.717) is 0 Å². The Hall–Kier alpha value is -1.29. The molecule has 3 nitrogen and oxygen atoms in total. The lowest BCUT2D eigenvalue weighted by Crippen LogP contribution is -2.11. The predicted molar refractivity (Wildman–Crippen MR) is 52.0 cm³/mol. The molecule has 0 aliphatic carbocycles. The molecule has 4 heteroatoms. The Morgan fingerprint density at radius 2 is 2.08 bits per heavy atom. The van der Waals surface area contributed by atoms with Gasteiger partial charge in [-0.1, -0.05) is 12.1 Å². The second kappa shape index (κ2) is 3.22. The molecule has 2 aromatic rings. The molecule has 13 heavy (non-hydrogen) atoms. The number of hydrogen-bond acceptors (Lipinski definition) is 2. The molecule has 0 saturated heterocycles. The Balaban J connectivity index is 2.66. The van der Waals surface area contributed by atoms with Crippen molar-refractivity contribution in [2.75, 3.05) is 0 Å². The highest BCUT2D eigenvalue weighted by atomic mass is 79.9. The molecule has 0 amide bonds. The molecule has 0 N–H and O–H groups in total. The minimum atomic E-state index is -0.382. The molecule has 1 heterocycles. The van der Waals surface area contributed by atoms with Crippen LogP contribution in [0.5, 0.6) is 0 Å². The van der Waals surface area contributed by atoms with Crippen molar-refractivity contribution >= 4 is 15.9 Å². The number of oxazole rings is 1. The predicted octanol–water partition coefficient (Wildman–Crippen LogP) is 2.19. The molecule has 1 aromatic heterocycles. The fraction of sp³-hybridized carbons (Fsp3) is 0. The monoisotopic (exact) mass is 239 g/mol. The summed E-state index contributed by atoms with van der Waals surface area (Å²) in [6.45, 7) is 0. The summed E-state index contributed by atoms with van der Waals surface area (Å²) in [6.07, 6.45) is 2.95. The lowest BCUT2D eigenvalue weighted by atomic mass is 10.3. The van der Waals surface area contributed by atoms with E-state index < -0.39 is 0 Å². The van der Waals surface area contributed by atoms with Gasteiger partial charge in [-0.2, -0.15) is 0 Å². The molecule has 66 valence electrons. The standard InChI is InChI=1S/C9H6BrNO2/c10-7-3-1-2-4-8(7)11-5-6-13-9(11)12/h1-6H. The van der Waals surface area contributed by atoms with Crippen LogP contribution < -0.4 is 5.76 Å². The van der Waals surface area contributed by atoms with Gasteiger partial charge in [-0.25, -0.2) is 9.36 Å². The van der Waals surface area contributed by atoms with E-state index in [1.54, 1.807) is 6.20 Å². The van der Waals surface area contributed by atoms with Gasteiger partial charge in [0.05, 0.1) is 11.9 Å². The van der Waals surface area contributed by atoms with Crippen LogP contribution in [0.3, 0.4) is 0 Å². The number of aromatic nitrogens is 1. The summed E-state index contributed by atoms with van der Waals surface area (Å²) in [4.78, 5) is 11.1. The van der Waals surface area contributed by atoms with Crippen molar-refractivity contribution in [2.45, 2.75) is 0 Å². The Labute approximate surface area is 82.7 Å². The van der Waals surface area contributed by atoms with Crippen molar-refractivity contribution in [1.82, 2.24) is 4.57 Å². The first kappa shape index (κ1) is 8.31. The molecule has 0 bridgehead atoms. The zero-order valence-corrected chi connectivity index (χ0v) is 8.19. The molecule has 0 spiro atoms. The highest BCUT2D eigenvalue weighted by molar-refractivity contribution is 9.10. The molecule has 0 unspecified atom stereocenters. The van der Waals surface area contributed by atoms with E-state index in [2.05, 4.69) is 20.3 Å². The molecular formula is C9H6BrNO2. The van der Waals surface area contributed by atoms with Gasteiger partial charge in [0, 0.05) is 4.47 Å². The van der Waals surface area contributed by atoms with E-state index in [-0.39, 0.29) is 5.76 Å². The van der Waals surface area contributed by atoms with Crippen LogP contribution in [0.2, 0.25) is 0 Å². The summed E-state index contributed by atoms with van der Waals surface area (Å²) >= 11 is 3.35. The zero-order valence-electron chi connectivity index (χ0n) is 6.61. The quantitative estimate of drug-likeness (QED) is 0.765. The van der Waals surface area contributed by atoms with Gasteiger partial charge in [0.25, 0.3) is 0 Å². The average molecular weight is 240 g/mol. The second-order valence-corrected chi connectivity index (χ2v) is 3.34. The van der Waals surface area contributed by atoms with Gasteiger partial charge < -0.3 is 4.42 Å². The minimum absolute atomic E-state index is 0.382. The minimum Gasteiger partial charge on any atom is -0.416 e. The zero-order chi connectivity index (χ0) is 9.26. The molecule has 1 aromatic carbocycles. The van der Waals surface area contributed by atoms with Crippen molar-refractivity contribution in [3.05, 3.63) is 51.7 Å². The summed E-state index contributed by atoms with van der Waals surface area (Å²) in [7, 11) is 0.